The summed E-state index contributed by atoms with van der Waals surface area (Å²) in [6.07, 6.45) is 0. The number of hydrogen-bond donors (Lipinski definition) is 4. The third-order valence-corrected chi connectivity index (χ3v) is 3.32. The highest BCUT2D eigenvalue weighted by molar-refractivity contribution is 6.40. The fourth-order valence-electron chi connectivity index (χ4n) is 2.09. The number of aliphatic hydroxyl groups is 1. The molecule has 2 rings (SSSR count). The van der Waals surface area contributed by atoms with E-state index < -0.39 is 11.8 Å². The lowest BCUT2D eigenvalue weighted by Gasteiger charge is -2.11. The van der Waals surface area contributed by atoms with E-state index in [9.17, 15) is 14.4 Å². The minimum Gasteiger partial charge on any atom is -0.395 e. The van der Waals surface area contributed by atoms with Crippen LogP contribution >= 0.6 is 0 Å². The maximum Gasteiger partial charge on any atom is 0.313 e. The zero-order valence-corrected chi connectivity index (χ0v) is 13.5. The Morgan fingerprint density at radius 1 is 0.840 bits per heavy atom. The van der Waals surface area contributed by atoms with Crippen LogP contribution in [-0.4, -0.2) is 36.0 Å². The van der Waals surface area contributed by atoms with E-state index in [0.717, 1.165) is 5.56 Å². The first kappa shape index (κ1) is 18.2. The van der Waals surface area contributed by atoms with Crippen LogP contribution in [0.3, 0.4) is 0 Å². The van der Waals surface area contributed by atoms with Gasteiger partial charge < -0.3 is 21.1 Å². The number of carbonyl (C=O) groups is 3. The number of anilines is 1. The van der Waals surface area contributed by atoms with Gasteiger partial charge in [0.25, 0.3) is 5.91 Å². The van der Waals surface area contributed by atoms with Crippen molar-refractivity contribution >= 4 is 23.4 Å². The zero-order valence-electron chi connectivity index (χ0n) is 13.5. The van der Waals surface area contributed by atoms with Crippen molar-refractivity contribution in [2.75, 3.05) is 18.5 Å². The van der Waals surface area contributed by atoms with Crippen LogP contribution in [0.2, 0.25) is 0 Å². The number of nitrogens with one attached hydrogen (secondary N) is 3. The topological polar surface area (TPSA) is 108 Å². The van der Waals surface area contributed by atoms with Gasteiger partial charge in [0.2, 0.25) is 0 Å². The van der Waals surface area contributed by atoms with Gasteiger partial charge in [-0.25, -0.2) is 0 Å². The van der Waals surface area contributed by atoms with E-state index in [0.29, 0.717) is 6.54 Å². The summed E-state index contributed by atoms with van der Waals surface area (Å²) in [5.74, 6) is -2.15. The largest absolute Gasteiger partial charge is 0.395 e. The van der Waals surface area contributed by atoms with E-state index >= 15 is 0 Å². The van der Waals surface area contributed by atoms with Crippen LogP contribution in [0.4, 0.5) is 5.69 Å². The molecule has 0 unspecified atom stereocenters. The van der Waals surface area contributed by atoms with E-state index in [2.05, 4.69) is 16.0 Å². The fourth-order valence-corrected chi connectivity index (χ4v) is 2.09. The molecule has 2 aromatic carbocycles. The van der Waals surface area contributed by atoms with Crippen LogP contribution in [0.1, 0.15) is 15.9 Å². The minimum absolute atomic E-state index is 0.0224. The van der Waals surface area contributed by atoms with Gasteiger partial charge in [-0.1, -0.05) is 42.5 Å². The SMILES string of the molecule is O=C(NCCO)C(=O)Nc1ccccc1C(=O)NCc1ccccc1. The molecule has 0 bridgehead atoms. The molecule has 130 valence electrons. The average Bonchev–Trinajstić information content (AvgIpc) is 2.65. The number of aliphatic hydroxyl groups excluding tert-OH is 1. The molecule has 2 aromatic rings. The van der Waals surface area contributed by atoms with Crippen LogP contribution in [0.25, 0.3) is 0 Å². The summed E-state index contributed by atoms with van der Waals surface area (Å²) >= 11 is 0. The maximum atomic E-state index is 12.4. The first-order chi connectivity index (χ1) is 12.1. The van der Waals surface area contributed by atoms with E-state index in [1.165, 1.54) is 6.07 Å². The summed E-state index contributed by atoms with van der Waals surface area (Å²) < 4.78 is 0. The van der Waals surface area contributed by atoms with Crippen molar-refractivity contribution in [3.63, 3.8) is 0 Å². The van der Waals surface area contributed by atoms with Crippen LogP contribution in [0, 0.1) is 0 Å². The van der Waals surface area contributed by atoms with Gasteiger partial charge in [-0.15, -0.1) is 0 Å². The number of rotatable bonds is 6. The molecular weight excluding hydrogens is 322 g/mol. The Labute approximate surface area is 145 Å². The van der Waals surface area contributed by atoms with Crippen molar-refractivity contribution in [3.8, 4) is 0 Å². The van der Waals surface area contributed by atoms with Gasteiger partial charge in [-0.05, 0) is 17.7 Å². The highest BCUT2D eigenvalue weighted by Gasteiger charge is 2.17. The van der Waals surface area contributed by atoms with E-state index in [1.54, 1.807) is 18.2 Å². The molecule has 0 fully saturated rings. The number of amides is 3. The maximum absolute atomic E-state index is 12.4. The van der Waals surface area contributed by atoms with Gasteiger partial charge in [-0.3, -0.25) is 14.4 Å². The number of para-hydroxylation sites is 1. The quantitative estimate of drug-likeness (QED) is 0.579. The van der Waals surface area contributed by atoms with E-state index in [1.807, 2.05) is 30.3 Å². The lowest BCUT2D eigenvalue weighted by Crippen LogP contribution is -2.37. The van der Waals surface area contributed by atoms with E-state index in [-0.39, 0.29) is 30.3 Å². The van der Waals surface area contributed by atoms with Crippen molar-refractivity contribution in [3.05, 3.63) is 65.7 Å². The lowest BCUT2D eigenvalue weighted by atomic mass is 10.1. The van der Waals surface area contributed by atoms with Gasteiger partial charge in [0.15, 0.2) is 0 Å². The molecule has 0 atom stereocenters. The molecule has 7 heteroatoms. The molecule has 7 nitrogen and oxygen atoms in total. The Hall–Kier alpha value is -3.19. The fraction of sp³-hybridized carbons (Fsp3) is 0.167. The van der Waals surface area contributed by atoms with Crippen LogP contribution < -0.4 is 16.0 Å². The van der Waals surface area contributed by atoms with Crippen LogP contribution in [0.5, 0.6) is 0 Å². The first-order valence-electron chi connectivity index (χ1n) is 7.73. The predicted molar refractivity (Wildman–Crippen MR) is 92.8 cm³/mol. The summed E-state index contributed by atoms with van der Waals surface area (Å²) in [6.45, 7) is 0.0574. The van der Waals surface area contributed by atoms with Crippen molar-refractivity contribution in [2.45, 2.75) is 6.54 Å². The Bertz CT molecular complexity index is 747. The Morgan fingerprint density at radius 2 is 1.52 bits per heavy atom. The van der Waals surface area contributed by atoms with Crippen molar-refractivity contribution in [1.82, 2.24) is 10.6 Å². The molecule has 0 saturated heterocycles. The molecule has 0 aliphatic rings. The molecule has 0 saturated carbocycles. The second-order valence-corrected chi connectivity index (χ2v) is 5.15. The second kappa shape index (κ2) is 9.19. The lowest BCUT2D eigenvalue weighted by molar-refractivity contribution is -0.136. The van der Waals surface area contributed by atoms with Crippen LogP contribution in [0.15, 0.2) is 54.6 Å². The van der Waals surface area contributed by atoms with Gasteiger partial charge in [0, 0.05) is 13.1 Å². The summed E-state index contributed by atoms with van der Waals surface area (Å²) in [5.41, 5.74) is 1.43. The van der Waals surface area contributed by atoms with Crippen molar-refractivity contribution < 1.29 is 19.5 Å². The van der Waals surface area contributed by atoms with Gasteiger partial charge in [-0.2, -0.15) is 0 Å². The molecule has 0 aliphatic carbocycles. The van der Waals surface area contributed by atoms with Gasteiger partial charge >= 0.3 is 11.8 Å². The summed E-state index contributed by atoms with van der Waals surface area (Å²) in [4.78, 5) is 35.8. The molecule has 4 N–H and O–H groups in total. The Morgan fingerprint density at radius 3 is 2.24 bits per heavy atom. The molecule has 0 radical (unpaired) electrons. The third-order valence-electron chi connectivity index (χ3n) is 3.32. The molecule has 0 aliphatic heterocycles. The second-order valence-electron chi connectivity index (χ2n) is 5.15. The average molecular weight is 341 g/mol. The zero-order chi connectivity index (χ0) is 18.1. The molecule has 0 spiro atoms. The van der Waals surface area contributed by atoms with Crippen molar-refractivity contribution in [2.24, 2.45) is 0 Å². The molecule has 0 aromatic heterocycles. The van der Waals surface area contributed by atoms with Crippen molar-refractivity contribution in [1.29, 1.82) is 0 Å². The standard InChI is InChI=1S/C18H19N3O4/c22-11-10-19-17(24)18(25)21-15-9-5-4-8-14(15)16(23)20-12-13-6-2-1-3-7-13/h1-9,22H,10-12H2,(H,19,24)(H,20,23)(H,21,25). The third kappa shape index (κ3) is 5.43. The first-order valence-corrected chi connectivity index (χ1v) is 7.73. The molecular formula is C18H19N3O4. The highest BCUT2D eigenvalue weighted by atomic mass is 16.3. The Kier molecular flexibility index (Phi) is 6.67. The molecule has 25 heavy (non-hydrogen) atoms. The van der Waals surface area contributed by atoms with Gasteiger partial charge in [0.05, 0.1) is 17.9 Å². The smallest absolute Gasteiger partial charge is 0.313 e. The van der Waals surface area contributed by atoms with Crippen LogP contribution in [-0.2, 0) is 16.1 Å². The summed E-state index contributed by atoms with van der Waals surface area (Å²) in [6, 6.07) is 15.8. The minimum atomic E-state index is -0.906. The number of hydrogen-bond acceptors (Lipinski definition) is 4. The monoisotopic (exact) mass is 341 g/mol. The summed E-state index contributed by atoms with van der Waals surface area (Å²) in [5, 5.41) is 16.1. The Balaban J connectivity index is 2.02. The highest BCUT2D eigenvalue weighted by Crippen LogP contribution is 2.15. The van der Waals surface area contributed by atoms with E-state index in [4.69, 9.17) is 5.11 Å². The normalized spacial score (nSPS) is 9.96. The summed E-state index contributed by atoms with van der Waals surface area (Å²) in [7, 11) is 0. The van der Waals surface area contributed by atoms with Gasteiger partial charge in [0.1, 0.15) is 0 Å². The molecule has 0 heterocycles. The number of benzene rings is 2. The molecule has 3 amide bonds. The predicted octanol–water partition coefficient (Wildman–Crippen LogP) is 0.664. The number of carbonyl (C=O) groups excluding carboxylic acids is 3.